The van der Waals surface area contributed by atoms with Crippen LogP contribution in [0, 0.1) is 5.92 Å². The highest BCUT2D eigenvalue weighted by Crippen LogP contribution is 2.34. The zero-order valence-corrected chi connectivity index (χ0v) is 12.2. The lowest BCUT2D eigenvalue weighted by Crippen LogP contribution is -2.39. The summed E-state index contributed by atoms with van der Waals surface area (Å²) in [5.74, 6) is 2.02. The molecule has 108 valence electrons. The van der Waals surface area contributed by atoms with Crippen molar-refractivity contribution in [1.82, 2.24) is 15.5 Å². The molecule has 0 heterocycles. The van der Waals surface area contributed by atoms with Crippen molar-refractivity contribution in [2.45, 2.75) is 57.5 Å². The minimum atomic E-state index is 0.684. The van der Waals surface area contributed by atoms with Crippen LogP contribution in [0.15, 0.2) is 4.99 Å². The van der Waals surface area contributed by atoms with Crippen molar-refractivity contribution < 1.29 is 0 Å². The molecule has 0 aromatic heterocycles. The van der Waals surface area contributed by atoms with Gasteiger partial charge in [-0.1, -0.05) is 0 Å². The highest BCUT2D eigenvalue weighted by atomic mass is 15.2. The topological polar surface area (TPSA) is 39.7 Å². The van der Waals surface area contributed by atoms with Crippen LogP contribution in [0.1, 0.15) is 45.4 Å². The number of guanidine groups is 1. The van der Waals surface area contributed by atoms with Crippen molar-refractivity contribution >= 4 is 5.96 Å². The molecule has 0 aromatic carbocycles. The lowest BCUT2D eigenvalue weighted by molar-refractivity contribution is 0.260. The van der Waals surface area contributed by atoms with E-state index in [2.05, 4.69) is 22.5 Å². The number of nitrogens with zero attached hydrogens (tertiary/aromatic N) is 2. The largest absolute Gasteiger partial charge is 0.357 e. The van der Waals surface area contributed by atoms with Crippen molar-refractivity contribution in [3.05, 3.63) is 0 Å². The van der Waals surface area contributed by atoms with Gasteiger partial charge in [0.05, 0.1) is 6.54 Å². The summed E-state index contributed by atoms with van der Waals surface area (Å²) in [6, 6.07) is 1.57. The summed E-state index contributed by atoms with van der Waals surface area (Å²) in [6.45, 7) is 6.49. The molecule has 0 aliphatic heterocycles. The maximum Gasteiger partial charge on any atom is 0.191 e. The fourth-order valence-corrected chi connectivity index (χ4v) is 2.53. The molecule has 0 radical (unpaired) electrons. The predicted octanol–water partition coefficient (Wildman–Crippen LogP) is 1.58. The molecule has 0 atom stereocenters. The van der Waals surface area contributed by atoms with Gasteiger partial charge in [-0.25, -0.2) is 0 Å². The zero-order chi connectivity index (χ0) is 13.1. The predicted molar refractivity (Wildman–Crippen MR) is 79.5 cm³/mol. The molecule has 3 saturated carbocycles. The first-order chi connectivity index (χ1) is 9.35. The number of rotatable bonds is 8. The number of aliphatic imine (C=N–C) groups is 1. The summed E-state index contributed by atoms with van der Waals surface area (Å²) >= 11 is 0. The fourth-order valence-electron chi connectivity index (χ4n) is 2.53. The minimum Gasteiger partial charge on any atom is -0.357 e. The van der Waals surface area contributed by atoms with E-state index >= 15 is 0 Å². The third-order valence-corrected chi connectivity index (χ3v) is 4.17. The van der Waals surface area contributed by atoms with E-state index in [1.807, 2.05) is 0 Å². The molecule has 2 N–H and O–H groups in total. The van der Waals surface area contributed by atoms with E-state index in [1.54, 1.807) is 0 Å². The van der Waals surface area contributed by atoms with Crippen molar-refractivity contribution in [1.29, 1.82) is 0 Å². The molecule has 19 heavy (non-hydrogen) atoms. The van der Waals surface area contributed by atoms with Crippen molar-refractivity contribution in [3.63, 3.8) is 0 Å². The molecule has 0 saturated heterocycles. The average Bonchev–Trinajstić information content (AvgIpc) is 3.26. The molecule has 4 nitrogen and oxygen atoms in total. The van der Waals surface area contributed by atoms with E-state index in [-0.39, 0.29) is 0 Å². The van der Waals surface area contributed by atoms with Gasteiger partial charge in [-0.15, -0.1) is 0 Å². The van der Waals surface area contributed by atoms with Gasteiger partial charge in [-0.05, 0) is 51.4 Å². The van der Waals surface area contributed by atoms with Gasteiger partial charge in [-0.2, -0.15) is 0 Å². The first kappa shape index (κ1) is 13.2. The Hall–Kier alpha value is -0.770. The quantitative estimate of drug-likeness (QED) is 0.516. The molecule has 4 heteroatoms. The molecule has 3 rings (SSSR count). The average molecular weight is 264 g/mol. The molecule has 0 spiro atoms. The lowest BCUT2D eigenvalue weighted by atomic mass is 10.3. The van der Waals surface area contributed by atoms with Crippen LogP contribution in [0.3, 0.4) is 0 Å². The van der Waals surface area contributed by atoms with E-state index in [0.29, 0.717) is 6.04 Å². The Morgan fingerprint density at radius 1 is 1.16 bits per heavy atom. The van der Waals surface area contributed by atoms with Crippen LogP contribution in [0.4, 0.5) is 0 Å². The standard InChI is InChI=1S/C15H28N4/c1-2-16-15(18-13-5-6-13)17-9-10-19(14-7-8-14)11-12-3-4-12/h12-14H,2-11H2,1H3,(H2,16,17,18). The normalized spacial score (nSPS) is 23.8. The van der Waals surface area contributed by atoms with E-state index < -0.39 is 0 Å². The van der Waals surface area contributed by atoms with Crippen LogP contribution in [-0.4, -0.2) is 49.1 Å². The summed E-state index contributed by atoms with van der Waals surface area (Å²) in [6.07, 6.45) is 8.35. The summed E-state index contributed by atoms with van der Waals surface area (Å²) in [5, 5.41) is 6.83. The van der Waals surface area contributed by atoms with Crippen LogP contribution < -0.4 is 10.6 Å². The minimum absolute atomic E-state index is 0.684. The highest BCUT2D eigenvalue weighted by molar-refractivity contribution is 5.80. The van der Waals surface area contributed by atoms with E-state index in [0.717, 1.165) is 37.6 Å². The van der Waals surface area contributed by atoms with Gasteiger partial charge in [-0.3, -0.25) is 9.89 Å². The summed E-state index contributed by atoms with van der Waals surface area (Å²) in [7, 11) is 0. The molecular formula is C15H28N4. The van der Waals surface area contributed by atoms with Crippen molar-refractivity contribution in [2.24, 2.45) is 10.9 Å². The number of hydrogen-bond donors (Lipinski definition) is 2. The molecule has 3 fully saturated rings. The van der Waals surface area contributed by atoms with Crippen LogP contribution in [0.5, 0.6) is 0 Å². The monoisotopic (exact) mass is 264 g/mol. The second-order valence-corrected chi connectivity index (χ2v) is 6.35. The maximum atomic E-state index is 4.72. The van der Waals surface area contributed by atoms with Crippen molar-refractivity contribution in [2.75, 3.05) is 26.2 Å². The third kappa shape index (κ3) is 4.68. The van der Waals surface area contributed by atoms with Crippen LogP contribution in [-0.2, 0) is 0 Å². The van der Waals surface area contributed by atoms with E-state index in [9.17, 15) is 0 Å². The number of hydrogen-bond acceptors (Lipinski definition) is 2. The smallest absolute Gasteiger partial charge is 0.191 e. The molecule has 0 aromatic rings. The van der Waals surface area contributed by atoms with Gasteiger partial charge >= 0.3 is 0 Å². The van der Waals surface area contributed by atoms with Gasteiger partial charge in [0.15, 0.2) is 5.96 Å². The third-order valence-electron chi connectivity index (χ3n) is 4.17. The molecule has 0 amide bonds. The Morgan fingerprint density at radius 3 is 2.53 bits per heavy atom. The van der Waals surface area contributed by atoms with Crippen LogP contribution in [0.2, 0.25) is 0 Å². The Kier molecular flexibility index (Phi) is 4.26. The maximum absolute atomic E-state index is 4.72. The molecule has 3 aliphatic rings. The first-order valence-corrected chi connectivity index (χ1v) is 8.14. The number of nitrogens with one attached hydrogen (secondary N) is 2. The van der Waals surface area contributed by atoms with Crippen LogP contribution >= 0.6 is 0 Å². The van der Waals surface area contributed by atoms with Crippen molar-refractivity contribution in [3.8, 4) is 0 Å². The Labute approximate surface area is 117 Å². The molecule has 0 unspecified atom stereocenters. The summed E-state index contributed by atoms with van der Waals surface area (Å²) in [4.78, 5) is 7.41. The molecule has 0 bridgehead atoms. The second-order valence-electron chi connectivity index (χ2n) is 6.35. The Bertz CT molecular complexity index is 316. The summed E-state index contributed by atoms with van der Waals surface area (Å²) < 4.78 is 0. The summed E-state index contributed by atoms with van der Waals surface area (Å²) in [5.41, 5.74) is 0. The Morgan fingerprint density at radius 2 is 1.95 bits per heavy atom. The van der Waals surface area contributed by atoms with E-state index in [1.165, 1.54) is 45.1 Å². The van der Waals surface area contributed by atoms with Gasteiger partial charge in [0, 0.05) is 31.7 Å². The second kappa shape index (κ2) is 6.12. The van der Waals surface area contributed by atoms with Gasteiger partial charge in [0.25, 0.3) is 0 Å². The molecule has 3 aliphatic carbocycles. The highest BCUT2D eigenvalue weighted by Gasteiger charge is 2.33. The lowest BCUT2D eigenvalue weighted by Gasteiger charge is -2.21. The van der Waals surface area contributed by atoms with Crippen LogP contribution in [0.25, 0.3) is 0 Å². The Balaban J connectivity index is 1.42. The SMILES string of the molecule is CCNC(=NCCN(CC1CC1)C1CC1)NC1CC1. The van der Waals surface area contributed by atoms with E-state index in [4.69, 9.17) is 4.99 Å². The molecular weight excluding hydrogens is 236 g/mol. The fraction of sp³-hybridized carbons (Fsp3) is 0.933. The zero-order valence-electron chi connectivity index (χ0n) is 12.2. The first-order valence-electron chi connectivity index (χ1n) is 8.14. The van der Waals surface area contributed by atoms with Gasteiger partial charge in [0.2, 0.25) is 0 Å². The van der Waals surface area contributed by atoms with Gasteiger partial charge in [0.1, 0.15) is 0 Å². The van der Waals surface area contributed by atoms with Gasteiger partial charge < -0.3 is 10.6 Å².